The molecular formula is C12H17N3O2. The summed E-state index contributed by atoms with van der Waals surface area (Å²) < 4.78 is 0. The molecule has 0 aliphatic carbocycles. The second-order valence-corrected chi connectivity index (χ2v) is 4.16. The largest absolute Gasteiger partial charge is 0.373 e. The van der Waals surface area contributed by atoms with E-state index in [-0.39, 0.29) is 0 Å². The molecule has 1 aliphatic heterocycles. The van der Waals surface area contributed by atoms with Gasteiger partial charge in [-0.2, -0.15) is 0 Å². The second-order valence-electron chi connectivity index (χ2n) is 4.16. The van der Waals surface area contributed by atoms with E-state index in [2.05, 4.69) is 15.2 Å². The number of aromatic nitrogens is 1. The highest BCUT2D eigenvalue weighted by Gasteiger charge is 2.16. The number of carbonyl (C=O) groups excluding carboxylic acids is 1. The predicted octanol–water partition coefficient (Wildman–Crippen LogP) is 0.461. The summed E-state index contributed by atoms with van der Waals surface area (Å²) in [5.41, 5.74) is 1.61. The molecule has 1 aromatic rings. The van der Waals surface area contributed by atoms with E-state index in [0.29, 0.717) is 24.3 Å². The van der Waals surface area contributed by atoms with Gasteiger partial charge in [-0.1, -0.05) is 0 Å². The number of nitrogens with one attached hydrogen (secondary N) is 1. The van der Waals surface area contributed by atoms with Crippen molar-refractivity contribution in [3.63, 3.8) is 0 Å². The van der Waals surface area contributed by atoms with Crippen LogP contribution in [0.15, 0.2) is 18.3 Å². The Hall–Kier alpha value is -1.46. The molecule has 2 N–H and O–H groups in total. The van der Waals surface area contributed by atoms with Gasteiger partial charge < -0.3 is 10.0 Å². The van der Waals surface area contributed by atoms with Gasteiger partial charge in [-0.25, -0.2) is 0 Å². The van der Waals surface area contributed by atoms with Crippen LogP contribution in [0.5, 0.6) is 0 Å². The zero-order chi connectivity index (χ0) is 12.3. The Labute approximate surface area is 100 Å². The third-order valence-corrected chi connectivity index (χ3v) is 3.01. The molecule has 2 heterocycles. The fraction of sp³-hybridized carbons (Fsp3) is 0.500. The number of pyridine rings is 1. The maximum absolute atomic E-state index is 11.1. The van der Waals surface area contributed by atoms with Crippen LogP contribution in [0.1, 0.15) is 24.8 Å². The van der Waals surface area contributed by atoms with Crippen LogP contribution in [-0.2, 0) is 4.79 Å². The molecule has 0 spiro atoms. The number of hydrogen-bond donors (Lipinski definition) is 2. The minimum atomic E-state index is -0.730. The summed E-state index contributed by atoms with van der Waals surface area (Å²) in [6.07, 6.45) is 2.24. The van der Waals surface area contributed by atoms with Gasteiger partial charge in [0.2, 0.25) is 0 Å². The third-order valence-electron chi connectivity index (χ3n) is 3.01. The van der Waals surface area contributed by atoms with Crippen molar-refractivity contribution < 1.29 is 9.90 Å². The van der Waals surface area contributed by atoms with Gasteiger partial charge in [0.15, 0.2) is 0 Å². The van der Waals surface area contributed by atoms with E-state index in [9.17, 15) is 9.90 Å². The number of nitrogens with zero attached hydrogens (tertiary/aromatic N) is 2. The highest BCUT2D eigenvalue weighted by atomic mass is 16.3. The number of ketones is 1. The quantitative estimate of drug-likeness (QED) is 0.745. The molecule has 2 rings (SSSR count). The number of aliphatic hydroxyl groups is 1. The number of anilines is 1. The number of hydrogen-bond acceptors (Lipinski definition) is 5. The molecule has 0 radical (unpaired) electrons. The summed E-state index contributed by atoms with van der Waals surface area (Å²) >= 11 is 0. The minimum absolute atomic E-state index is 0.330. The zero-order valence-corrected chi connectivity index (χ0v) is 9.89. The summed E-state index contributed by atoms with van der Waals surface area (Å²) in [7, 11) is 1.68. The van der Waals surface area contributed by atoms with Crippen molar-refractivity contribution in [2.75, 3.05) is 25.0 Å². The van der Waals surface area contributed by atoms with Gasteiger partial charge in [0.05, 0.1) is 17.6 Å². The first-order chi connectivity index (χ1) is 8.20. The van der Waals surface area contributed by atoms with Gasteiger partial charge in [-0.15, -0.1) is 0 Å². The summed E-state index contributed by atoms with van der Waals surface area (Å²) in [6.45, 7) is 1.52. The lowest BCUT2D eigenvalue weighted by Gasteiger charge is -2.27. The summed E-state index contributed by atoms with van der Waals surface area (Å²) in [4.78, 5) is 17.5. The van der Waals surface area contributed by atoms with Gasteiger partial charge in [0.1, 0.15) is 12.0 Å². The van der Waals surface area contributed by atoms with Crippen LogP contribution in [-0.4, -0.2) is 36.0 Å². The molecule has 1 atom stereocenters. The first-order valence-electron chi connectivity index (χ1n) is 5.78. The molecule has 0 bridgehead atoms. The van der Waals surface area contributed by atoms with Crippen molar-refractivity contribution in [2.24, 2.45) is 0 Å². The standard InChI is InChI=1S/C12H17N3O2/c1-13-12(17)11-3-2-9(8-14-11)15-6-4-10(16)5-7-15/h2-3,8,12-13,17H,4-7H2,1H3. The third kappa shape index (κ3) is 2.81. The number of piperidine rings is 1. The molecule has 0 aromatic carbocycles. The molecule has 0 saturated carbocycles. The maximum Gasteiger partial charge on any atom is 0.147 e. The van der Waals surface area contributed by atoms with E-state index in [1.54, 1.807) is 19.3 Å². The van der Waals surface area contributed by atoms with E-state index in [0.717, 1.165) is 18.8 Å². The lowest BCUT2D eigenvalue weighted by atomic mass is 10.1. The van der Waals surface area contributed by atoms with Crippen LogP contribution in [0.2, 0.25) is 0 Å². The summed E-state index contributed by atoms with van der Waals surface area (Å²) in [5, 5.41) is 12.3. The van der Waals surface area contributed by atoms with Crippen molar-refractivity contribution in [1.82, 2.24) is 10.3 Å². The molecule has 92 valence electrons. The van der Waals surface area contributed by atoms with Gasteiger partial charge in [0, 0.05) is 25.9 Å². The lowest BCUT2D eigenvalue weighted by Crippen LogP contribution is -2.33. The van der Waals surface area contributed by atoms with Crippen molar-refractivity contribution in [3.05, 3.63) is 24.0 Å². The van der Waals surface area contributed by atoms with Gasteiger partial charge in [-0.05, 0) is 19.2 Å². The van der Waals surface area contributed by atoms with E-state index < -0.39 is 6.23 Å². The van der Waals surface area contributed by atoms with Crippen molar-refractivity contribution >= 4 is 11.5 Å². The number of aliphatic hydroxyl groups excluding tert-OH is 1. The fourth-order valence-corrected chi connectivity index (χ4v) is 1.91. The average Bonchev–Trinajstić information content (AvgIpc) is 2.39. The fourth-order valence-electron chi connectivity index (χ4n) is 1.91. The second kappa shape index (κ2) is 5.25. The van der Waals surface area contributed by atoms with E-state index in [1.165, 1.54) is 0 Å². The van der Waals surface area contributed by atoms with Crippen LogP contribution in [0.4, 0.5) is 5.69 Å². The SMILES string of the molecule is CNC(O)c1ccc(N2CCC(=O)CC2)cn1. The molecule has 5 heteroatoms. The number of Topliss-reactive ketones (excluding diaryl/α,β-unsaturated/α-hetero) is 1. The molecular weight excluding hydrogens is 218 g/mol. The first-order valence-corrected chi connectivity index (χ1v) is 5.78. The molecule has 1 aliphatic rings. The number of carbonyl (C=O) groups is 1. The van der Waals surface area contributed by atoms with Crippen molar-refractivity contribution in [3.8, 4) is 0 Å². The molecule has 0 amide bonds. The predicted molar refractivity (Wildman–Crippen MR) is 64.7 cm³/mol. The first kappa shape index (κ1) is 12.0. The summed E-state index contributed by atoms with van der Waals surface area (Å²) in [6, 6.07) is 3.73. The Balaban J connectivity index is 2.05. The molecule has 17 heavy (non-hydrogen) atoms. The Kier molecular flexibility index (Phi) is 3.71. The van der Waals surface area contributed by atoms with Crippen molar-refractivity contribution in [1.29, 1.82) is 0 Å². The molecule has 1 saturated heterocycles. The monoisotopic (exact) mass is 235 g/mol. The lowest BCUT2D eigenvalue weighted by molar-refractivity contribution is -0.119. The van der Waals surface area contributed by atoms with Gasteiger partial charge in [-0.3, -0.25) is 15.1 Å². The Bertz CT molecular complexity index is 381. The zero-order valence-electron chi connectivity index (χ0n) is 9.89. The van der Waals surface area contributed by atoms with Gasteiger partial charge >= 0.3 is 0 Å². The molecule has 1 fully saturated rings. The summed E-state index contributed by atoms with van der Waals surface area (Å²) in [5.74, 6) is 0.330. The Morgan fingerprint density at radius 2 is 2.12 bits per heavy atom. The Morgan fingerprint density at radius 3 is 2.65 bits per heavy atom. The minimum Gasteiger partial charge on any atom is -0.373 e. The highest BCUT2D eigenvalue weighted by molar-refractivity contribution is 5.80. The van der Waals surface area contributed by atoms with Crippen LogP contribution in [0.3, 0.4) is 0 Å². The van der Waals surface area contributed by atoms with E-state index in [4.69, 9.17) is 0 Å². The molecule has 1 unspecified atom stereocenters. The van der Waals surface area contributed by atoms with E-state index in [1.807, 2.05) is 6.07 Å². The number of rotatable bonds is 3. The van der Waals surface area contributed by atoms with E-state index >= 15 is 0 Å². The van der Waals surface area contributed by atoms with Gasteiger partial charge in [0.25, 0.3) is 0 Å². The Morgan fingerprint density at radius 1 is 1.41 bits per heavy atom. The topological polar surface area (TPSA) is 65.5 Å². The smallest absolute Gasteiger partial charge is 0.147 e. The maximum atomic E-state index is 11.1. The van der Waals surface area contributed by atoms with Crippen LogP contribution in [0, 0.1) is 0 Å². The van der Waals surface area contributed by atoms with Crippen LogP contribution >= 0.6 is 0 Å². The molecule has 1 aromatic heterocycles. The average molecular weight is 235 g/mol. The molecule has 5 nitrogen and oxygen atoms in total. The van der Waals surface area contributed by atoms with Crippen LogP contribution in [0.25, 0.3) is 0 Å². The highest BCUT2D eigenvalue weighted by Crippen LogP contribution is 2.18. The van der Waals surface area contributed by atoms with Crippen LogP contribution < -0.4 is 10.2 Å². The normalized spacial score (nSPS) is 18.2. The van der Waals surface area contributed by atoms with Crippen molar-refractivity contribution in [2.45, 2.75) is 19.1 Å².